The summed E-state index contributed by atoms with van der Waals surface area (Å²) in [5.74, 6) is 0.325. The number of hydrogen-bond acceptors (Lipinski definition) is 3. The van der Waals surface area contributed by atoms with Gasteiger partial charge in [0.15, 0.2) is 0 Å². The number of amides is 1. The molecule has 4 nitrogen and oxygen atoms in total. The van der Waals surface area contributed by atoms with E-state index in [0.29, 0.717) is 19.6 Å². The molecular formula is C13H28N2O2. The third kappa shape index (κ3) is 9.12. The summed E-state index contributed by atoms with van der Waals surface area (Å²) < 4.78 is 0. The Bertz CT molecular complexity index is 196. The fraction of sp³-hybridized carbons (Fsp3) is 0.923. The molecule has 1 amide bonds. The van der Waals surface area contributed by atoms with Gasteiger partial charge in [-0.05, 0) is 19.8 Å². The second kappa shape index (κ2) is 10.5. The number of carbonyl (C=O) groups excluding carboxylic acids is 1. The quantitative estimate of drug-likeness (QED) is 0.507. The van der Waals surface area contributed by atoms with Crippen LogP contribution in [-0.4, -0.2) is 36.8 Å². The van der Waals surface area contributed by atoms with E-state index < -0.39 is 0 Å². The van der Waals surface area contributed by atoms with Crippen molar-refractivity contribution in [2.75, 3.05) is 19.6 Å². The average Bonchev–Trinajstić information content (AvgIpc) is 2.29. The molecule has 4 heteroatoms. The van der Waals surface area contributed by atoms with E-state index in [1.165, 1.54) is 0 Å². The predicted octanol–water partition coefficient (Wildman–Crippen LogP) is 1.29. The molecule has 0 aliphatic heterocycles. The van der Waals surface area contributed by atoms with E-state index in [2.05, 4.69) is 24.5 Å². The molecular weight excluding hydrogens is 216 g/mol. The summed E-state index contributed by atoms with van der Waals surface area (Å²) in [5, 5.41) is 15.0. The second-order valence-corrected chi connectivity index (χ2v) is 4.59. The molecule has 0 heterocycles. The Labute approximate surface area is 105 Å². The number of aliphatic hydroxyl groups is 1. The van der Waals surface area contributed by atoms with E-state index in [1.54, 1.807) is 6.92 Å². The van der Waals surface area contributed by atoms with E-state index in [9.17, 15) is 4.79 Å². The van der Waals surface area contributed by atoms with Crippen LogP contribution in [0.4, 0.5) is 0 Å². The average molecular weight is 244 g/mol. The number of carbonyl (C=O) groups is 1. The molecule has 0 saturated heterocycles. The van der Waals surface area contributed by atoms with Gasteiger partial charge in [0.25, 0.3) is 0 Å². The van der Waals surface area contributed by atoms with Crippen LogP contribution in [0.1, 0.15) is 46.5 Å². The highest BCUT2D eigenvalue weighted by molar-refractivity contribution is 5.78. The first-order chi connectivity index (χ1) is 8.11. The summed E-state index contributed by atoms with van der Waals surface area (Å²) in [6.07, 6.45) is 3.82. The fourth-order valence-electron chi connectivity index (χ4n) is 1.70. The number of nitrogens with one attached hydrogen (secondary N) is 2. The summed E-state index contributed by atoms with van der Waals surface area (Å²) in [7, 11) is 0. The minimum Gasteiger partial charge on any atom is -0.392 e. The van der Waals surface area contributed by atoms with Crippen LogP contribution in [0, 0.1) is 5.92 Å². The minimum atomic E-state index is -0.335. The van der Waals surface area contributed by atoms with Crippen molar-refractivity contribution < 1.29 is 9.90 Å². The molecule has 0 fully saturated rings. The van der Waals surface area contributed by atoms with E-state index in [0.717, 1.165) is 25.7 Å². The van der Waals surface area contributed by atoms with Gasteiger partial charge in [-0.3, -0.25) is 4.79 Å². The van der Waals surface area contributed by atoms with Gasteiger partial charge < -0.3 is 15.7 Å². The highest BCUT2D eigenvalue weighted by Crippen LogP contribution is 2.12. The van der Waals surface area contributed by atoms with Gasteiger partial charge in [-0.2, -0.15) is 0 Å². The molecule has 0 aliphatic carbocycles. The highest BCUT2D eigenvalue weighted by atomic mass is 16.3. The monoisotopic (exact) mass is 244 g/mol. The Morgan fingerprint density at radius 1 is 1.29 bits per heavy atom. The number of rotatable bonds is 10. The van der Waals surface area contributed by atoms with Gasteiger partial charge in [-0.25, -0.2) is 0 Å². The standard InChI is InChI=1S/C13H28N2O2/c1-4-6-7-12(5-2)13(17)15-9-8-14-10-11(3)16/h11-12,14,16H,4-10H2,1-3H3,(H,15,17). The van der Waals surface area contributed by atoms with Crippen LogP contribution < -0.4 is 10.6 Å². The van der Waals surface area contributed by atoms with Crippen molar-refractivity contribution >= 4 is 5.91 Å². The maximum absolute atomic E-state index is 11.8. The van der Waals surface area contributed by atoms with Crippen LogP contribution in [0.5, 0.6) is 0 Å². The summed E-state index contributed by atoms with van der Waals surface area (Å²) in [5.41, 5.74) is 0. The number of unbranched alkanes of at least 4 members (excludes halogenated alkanes) is 1. The molecule has 3 N–H and O–H groups in total. The summed E-state index contributed by atoms with van der Waals surface area (Å²) in [6.45, 7) is 7.86. The van der Waals surface area contributed by atoms with Crippen molar-refractivity contribution in [1.29, 1.82) is 0 Å². The summed E-state index contributed by atoms with van der Waals surface area (Å²) in [6, 6.07) is 0. The van der Waals surface area contributed by atoms with Gasteiger partial charge in [0.05, 0.1) is 6.10 Å². The van der Waals surface area contributed by atoms with Crippen molar-refractivity contribution in [3.05, 3.63) is 0 Å². The Morgan fingerprint density at radius 3 is 2.53 bits per heavy atom. The van der Waals surface area contributed by atoms with Crippen LogP contribution in [-0.2, 0) is 4.79 Å². The Hall–Kier alpha value is -0.610. The molecule has 0 radical (unpaired) electrons. The fourth-order valence-corrected chi connectivity index (χ4v) is 1.70. The summed E-state index contributed by atoms with van der Waals surface area (Å²) in [4.78, 5) is 11.8. The van der Waals surface area contributed by atoms with Gasteiger partial charge >= 0.3 is 0 Å². The lowest BCUT2D eigenvalue weighted by atomic mass is 9.98. The van der Waals surface area contributed by atoms with Crippen LogP contribution in [0.2, 0.25) is 0 Å². The van der Waals surface area contributed by atoms with Gasteiger partial charge in [0.1, 0.15) is 0 Å². The van der Waals surface area contributed by atoms with Gasteiger partial charge in [0, 0.05) is 25.6 Å². The van der Waals surface area contributed by atoms with Gasteiger partial charge in [0.2, 0.25) is 5.91 Å². The highest BCUT2D eigenvalue weighted by Gasteiger charge is 2.14. The molecule has 102 valence electrons. The van der Waals surface area contributed by atoms with Crippen molar-refractivity contribution in [3.63, 3.8) is 0 Å². The Balaban J connectivity index is 3.60. The lowest BCUT2D eigenvalue weighted by Gasteiger charge is -2.15. The topological polar surface area (TPSA) is 61.4 Å². The molecule has 2 unspecified atom stereocenters. The molecule has 0 rings (SSSR count). The first kappa shape index (κ1) is 16.4. The first-order valence-electron chi connectivity index (χ1n) is 6.78. The number of hydrogen-bond donors (Lipinski definition) is 3. The minimum absolute atomic E-state index is 0.159. The molecule has 17 heavy (non-hydrogen) atoms. The first-order valence-corrected chi connectivity index (χ1v) is 6.78. The second-order valence-electron chi connectivity index (χ2n) is 4.59. The summed E-state index contributed by atoms with van der Waals surface area (Å²) >= 11 is 0. The molecule has 0 aliphatic rings. The van der Waals surface area contributed by atoms with Gasteiger partial charge in [-0.15, -0.1) is 0 Å². The maximum atomic E-state index is 11.8. The lowest BCUT2D eigenvalue weighted by Crippen LogP contribution is -2.37. The zero-order valence-corrected chi connectivity index (χ0v) is 11.5. The molecule has 0 aromatic rings. The maximum Gasteiger partial charge on any atom is 0.223 e. The lowest BCUT2D eigenvalue weighted by molar-refractivity contribution is -0.125. The third-order valence-corrected chi connectivity index (χ3v) is 2.81. The van der Waals surface area contributed by atoms with Crippen LogP contribution in [0.15, 0.2) is 0 Å². The Kier molecular flexibility index (Phi) is 10.2. The Morgan fingerprint density at radius 2 is 2.00 bits per heavy atom. The molecule has 0 saturated carbocycles. The van der Waals surface area contributed by atoms with E-state index in [-0.39, 0.29) is 17.9 Å². The molecule has 2 atom stereocenters. The van der Waals surface area contributed by atoms with Crippen molar-refractivity contribution in [3.8, 4) is 0 Å². The largest absolute Gasteiger partial charge is 0.392 e. The van der Waals surface area contributed by atoms with Crippen LogP contribution >= 0.6 is 0 Å². The third-order valence-electron chi connectivity index (χ3n) is 2.81. The zero-order valence-electron chi connectivity index (χ0n) is 11.5. The number of aliphatic hydroxyl groups excluding tert-OH is 1. The van der Waals surface area contributed by atoms with Crippen molar-refractivity contribution in [2.24, 2.45) is 5.92 Å². The normalized spacial score (nSPS) is 14.4. The van der Waals surface area contributed by atoms with Crippen molar-refractivity contribution in [2.45, 2.75) is 52.6 Å². The molecule has 0 aromatic heterocycles. The van der Waals surface area contributed by atoms with Crippen LogP contribution in [0.3, 0.4) is 0 Å². The smallest absolute Gasteiger partial charge is 0.223 e. The SMILES string of the molecule is CCCCC(CC)C(=O)NCCNCC(C)O. The van der Waals surface area contributed by atoms with E-state index in [1.807, 2.05) is 0 Å². The van der Waals surface area contributed by atoms with Crippen molar-refractivity contribution in [1.82, 2.24) is 10.6 Å². The molecule has 0 aromatic carbocycles. The predicted molar refractivity (Wildman–Crippen MR) is 70.9 cm³/mol. The molecule has 0 spiro atoms. The molecule has 0 bridgehead atoms. The van der Waals surface area contributed by atoms with E-state index in [4.69, 9.17) is 5.11 Å². The zero-order chi connectivity index (χ0) is 13.1. The van der Waals surface area contributed by atoms with E-state index >= 15 is 0 Å². The van der Waals surface area contributed by atoms with Crippen LogP contribution in [0.25, 0.3) is 0 Å². The van der Waals surface area contributed by atoms with Gasteiger partial charge in [-0.1, -0.05) is 26.7 Å².